The highest BCUT2D eigenvalue weighted by molar-refractivity contribution is 5.98. The Kier molecular flexibility index (Phi) is 7.13. The van der Waals surface area contributed by atoms with E-state index < -0.39 is 0 Å². The number of ketones is 1. The summed E-state index contributed by atoms with van der Waals surface area (Å²) in [5.41, 5.74) is 2.86. The minimum absolute atomic E-state index is 0.00636. The normalized spacial score (nSPS) is 14.7. The van der Waals surface area contributed by atoms with E-state index in [1.165, 1.54) is 0 Å². The quantitative estimate of drug-likeness (QED) is 0.705. The lowest BCUT2D eigenvalue weighted by molar-refractivity contribution is -0.121. The fourth-order valence-electron chi connectivity index (χ4n) is 3.23. The van der Waals surface area contributed by atoms with Crippen molar-refractivity contribution in [2.24, 2.45) is 0 Å². The van der Waals surface area contributed by atoms with Gasteiger partial charge in [-0.1, -0.05) is 54.6 Å². The lowest BCUT2D eigenvalue weighted by atomic mass is 10.0. The van der Waals surface area contributed by atoms with E-state index in [9.17, 15) is 9.59 Å². The first-order chi connectivity index (χ1) is 13.2. The van der Waals surface area contributed by atoms with Crippen LogP contribution >= 0.6 is 0 Å². The van der Waals surface area contributed by atoms with Gasteiger partial charge in [-0.15, -0.1) is 0 Å². The van der Waals surface area contributed by atoms with Gasteiger partial charge in [-0.25, -0.2) is 0 Å². The molecule has 2 aromatic carbocycles. The van der Waals surface area contributed by atoms with E-state index in [1.807, 2.05) is 54.6 Å². The van der Waals surface area contributed by atoms with Crippen LogP contribution in [0.4, 0.5) is 0 Å². The zero-order chi connectivity index (χ0) is 18.9. The van der Waals surface area contributed by atoms with Crippen LogP contribution in [-0.4, -0.2) is 55.9 Å². The molecule has 2 aromatic rings. The molecule has 1 saturated heterocycles. The molecular weight excluding hydrogens is 338 g/mol. The molecule has 1 aliphatic rings. The maximum atomic E-state index is 12.3. The number of nitrogens with one attached hydrogen (secondary N) is 2. The van der Waals surface area contributed by atoms with E-state index in [0.29, 0.717) is 12.1 Å². The van der Waals surface area contributed by atoms with Crippen molar-refractivity contribution in [1.29, 1.82) is 0 Å². The Bertz CT molecular complexity index is 738. The lowest BCUT2D eigenvalue weighted by Gasteiger charge is -2.27. The van der Waals surface area contributed by atoms with Gasteiger partial charge in [0.2, 0.25) is 5.91 Å². The zero-order valence-corrected chi connectivity index (χ0v) is 15.6. The van der Waals surface area contributed by atoms with Crippen LogP contribution in [-0.2, 0) is 4.79 Å². The van der Waals surface area contributed by atoms with Gasteiger partial charge in [0.25, 0.3) is 0 Å². The fourth-order valence-corrected chi connectivity index (χ4v) is 3.23. The molecule has 0 bridgehead atoms. The van der Waals surface area contributed by atoms with E-state index >= 15 is 0 Å². The van der Waals surface area contributed by atoms with Crippen molar-refractivity contribution in [2.45, 2.75) is 12.8 Å². The molecule has 27 heavy (non-hydrogen) atoms. The second-order valence-electron chi connectivity index (χ2n) is 6.81. The number of carbonyl (C=O) groups is 2. The van der Waals surface area contributed by atoms with Gasteiger partial charge >= 0.3 is 0 Å². The third-order valence-corrected chi connectivity index (χ3v) is 4.85. The molecule has 1 heterocycles. The van der Waals surface area contributed by atoms with Crippen LogP contribution < -0.4 is 10.6 Å². The third kappa shape index (κ3) is 6.01. The van der Waals surface area contributed by atoms with Crippen molar-refractivity contribution < 1.29 is 9.59 Å². The van der Waals surface area contributed by atoms with Crippen molar-refractivity contribution >= 4 is 11.7 Å². The van der Waals surface area contributed by atoms with E-state index in [-0.39, 0.29) is 24.5 Å². The Labute approximate surface area is 160 Å². The van der Waals surface area contributed by atoms with E-state index in [2.05, 4.69) is 15.5 Å². The number of hydrogen-bond acceptors (Lipinski definition) is 4. The molecule has 0 spiro atoms. The fraction of sp³-hybridized carbons (Fsp3) is 0.364. The number of amides is 1. The van der Waals surface area contributed by atoms with E-state index in [0.717, 1.165) is 43.9 Å². The van der Waals surface area contributed by atoms with Crippen molar-refractivity contribution in [1.82, 2.24) is 15.5 Å². The van der Waals surface area contributed by atoms with E-state index in [1.54, 1.807) is 0 Å². The van der Waals surface area contributed by atoms with Gasteiger partial charge in [0.1, 0.15) is 0 Å². The van der Waals surface area contributed by atoms with Crippen LogP contribution in [0.3, 0.4) is 0 Å². The first kappa shape index (κ1) is 19.3. The minimum atomic E-state index is -0.0561. The van der Waals surface area contributed by atoms with Gasteiger partial charge in [-0.05, 0) is 11.1 Å². The van der Waals surface area contributed by atoms with Gasteiger partial charge in [0.15, 0.2) is 5.78 Å². The molecule has 0 atom stereocenters. The SMILES string of the molecule is O=C(CCC(=O)c1ccc(-c2ccccc2)cc1)NCCN1CCNCC1. The first-order valence-corrected chi connectivity index (χ1v) is 9.61. The Morgan fingerprint density at radius 2 is 1.56 bits per heavy atom. The third-order valence-electron chi connectivity index (χ3n) is 4.85. The lowest BCUT2D eigenvalue weighted by Crippen LogP contribution is -2.46. The topological polar surface area (TPSA) is 61.4 Å². The van der Waals surface area contributed by atoms with Crippen molar-refractivity contribution in [3.05, 3.63) is 60.2 Å². The highest BCUT2D eigenvalue weighted by Crippen LogP contribution is 2.19. The number of benzene rings is 2. The predicted molar refractivity (Wildman–Crippen MR) is 108 cm³/mol. The second-order valence-corrected chi connectivity index (χ2v) is 6.81. The summed E-state index contributed by atoms with van der Waals surface area (Å²) in [6.45, 7) is 5.55. The van der Waals surface area contributed by atoms with Gasteiger partial charge in [0, 0.05) is 57.7 Å². The molecule has 142 valence electrons. The smallest absolute Gasteiger partial charge is 0.220 e. The highest BCUT2D eigenvalue weighted by Gasteiger charge is 2.11. The van der Waals surface area contributed by atoms with Gasteiger partial charge in [-0.3, -0.25) is 14.5 Å². The summed E-state index contributed by atoms with van der Waals surface area (Å²) >= 11 is 0. The molecule has 0 unspecified atom stereocenters. The summed E-state index contributed by atoms with van der Waals surface area (Å²) < 4.78 is 0. The Morgan fingerprint density at radius 3 is 2.26 bits per heavy atom. The number of piperazine rings is 1. The predicted octanol–water partition coefficient (Wildman–Crippen LogP) is 2.34. The molecule has 0 aromatic heterocycles. The molecule has 5 heteroatoms. The molecule has 1 fully saturated rings. The average molecular weight is 365 g/mol. The molecule has 5 nitrogen and oxygen atoms in total. The standard InChI is InChI=1S/C22H27N3O2/c26-21(10-11-22(27)24-14-17-25-15-12-23-13-16-25)20-8-6-19(7-9-20)18-4-2-1-3-5-18/h1-9,23H,10-17H2,(H,24,27). The molecule has 0 aliphatic carbocycles. The van der Waals surface area contributed by atoms with Crippen LogP contribution in [0.5, 0.6) is 0 Å². The molecule has 0 radical (unpaired) electrons. The van der Waals surface area contributed by atoms with Crippen LogP contribution in [0.1, 0.15) is 23.2 Å². The van der Waals surface area contributed by atoms with Crippen LogP contribution in [0.25, 0.3) is 11.1 Å². The van der Waals surface area contributed by atoms with E-state index in [4.69, 9.17) is 0 Å². The van der Waals surface area contributed by atoms with Gasteiger partial charge in [-0.2, -0.15) is 0 Å². The monoisotopic (exact) mass is 365 g/mol. The molecule has 2 N–H and O–H groups in total. The summed E-state index contributed by atoms with van der Waals surface area (Å²) in [7, 11) is 0. The molecule has 3 rings (SSSR count). The highest BCUT2D eigenvalue weighted by atomic mass is 16.2. The summed E-state index contributed by atoms with van der Waals surface area (Å²) in [4.78, 5) is 26.6. The number of rotatable bonds is 8. The number of carbonyl (C=O) groups excluding carboxylic acids is 2. The number of hydrogen-bond donors (Lipinski definition) is 2. The number of Topliss-reactive ketones (excluding diaryl/α,β-unsaturated/α-hetero) is 1. The van der Waals surface area contributed by atoms with Crippen molar-refractivity contribution in [2.75, 3.05) is 39.3 Å². The summed E-state index contributed by atoms with van der Waals surface area (Å²) in [5.74, 6) is -0.0498. The summed E-state index contributed by atoms with van der Waals surface area (Å²) in [6.07, 6.45) is 0.477. The number of nitrogens with zero attached hydrogens (tertiary/aromatic N) is 1. The maximum absolute atomic E-state index is 12.3. The molecular formula is C22H27N3O2. The average Bonchev–Trinajstić information content (AvgIpc) is 2.73. The maximum Gasteiger partial charge on any atom is 0.220 e. The second kappa shape index (κ2) is 10.00. The molecule has 1 amide bonds. The van der Waals surface area contributed by atoms with Crippen molar-refractivity contribution in [3.63, 3.8) is 0 Å². The Hall–Kier alpha value is -2.50. The Balaban J connectivity index is 1.40. The summed E-state index contributed by atoms with van der Waals surface area (Å²) in [5, 5.41) is 6.22. The van der Waals surface area contributed by atoms with Crippen LogP contribution in [0.2, 0.25) is 0 Å². The minimum Gasteiger partial charge on any atom is -0.355 e. The van der Waals surface area contributed by atoms with Crippen LogP contribution in [0, 0.1) is 0 Å². The summed E-state index contributed by atoms with van der Waals surface area (Å²) in [6, 6.07) is 17.6. The van der Waals surface area contributed by atoms with Gasteiger partial charge < -0.3 is 10.6 Å². The first-order valence-electron chi connectivity index (χ1n) is 9.61. The van der Waals surface area contributed by atoms with Crippen LogP contribution in [0.15, 0.2) is 54.6 Å². The van der Waals surface area contributed by atoms with Crippen molar-refractivity contribution in [3.8, 4) is 11.1 Å². The van der Waals surface area contributed by atoms with Gasteiger partial charge in [0.05, 0.1) is 0 Å². The molecule has 1 aliphatic heterocycles. The zero-order valence-electron chi connectivity index (χ0n) is 15.6. The molecule has 0 saturated carbocycles. The largest absolute Gasteiger partial charge is 0.355 e. The Morgan fingerprint density at radius 1 is 0.889 bits per heavy atom.